The van der Waals surface area contributed by atoms with Gasteiger partial charge in [-0.3, -0.25) is 4.79 Å². The van der Waals surface area contributed by atoms with E-state index in [9.17, 15) is 24.6 Å². The number of hydrogen-bond acceptors (Lipinski definition) is 6. The molecule has 2 saturated heterocycles. The maximum Gasteiger partial charge on any atom is 0.408 e. The maximum atomic E-state index is 13.4. The lowest BCUT2D eigenvalue weighted by Gasteiger charge is -2.33. The lowest BCUT2D eigenvalue weighted by molar-refractivity contribution is -0.151. The summed E-state index contributed by atoms with van der Waals surface area (Å²) in [6, 6.07) is 14.8. The van der Waals surface area contributed by atoms with Crippen LogP contribution in [0.2, 0.25) is 0 Å². The predicted molar refractivity (Wildman–Crippen MR) is 120 cm³/mol. The molecule has 1 unspecified atom stereocenters. The van der Waals surface area contributed by atoms with Gasteiger partial charge < -0.3 is 29.9 Å². The molecule has 3 aliphatic rings. The Labute approximate surface area is 196 Å². The molecule has 2 fully saturated rings. The summed E-state index contributed by atoms with van der Waals surface area (Å²) in [5, 5.41) is 22.1. The zero-order valence-electron chi connectivity index (χ0n) is 18.5. The summed E-state index contributed by atoms with van der Waals surface area (Å²) in [6.07, 6.45) is -1.57. The van der Waals surface area contributed by atoms with E-state index < -0.39 is 35.7 Å². The Bertz CT molecular complexity index is 1080. The second-order valence-electron chi connectivity index (χ2n) is 9.04. The van der Waals surface area contributed by atoms with Gasteiger partial charge in [0, 0.05) is 31.9 Å². The number of fused-ring (bicyclic) bond motifs is 3. The van der Waals surface area contributed by atoms with Crippen molar-refractivity contribution in [2.75, 3.05) is 26.4 Å². The summed E-state index contributed by atoms with van der Waals surface area (Å²) >= 11 is 0. The van der Waals surface area contributed by atoms with Gasteiger partial charge in [0.15, 0.2) is 0 Å². The van der Waals surface area contributed by atoms with Crippen molar-refractivity contribution in [3.63, 3.8) is 0 Å². The molecule has 34 heavy (non-hydrogen) atoms. The number of amides is 2. The third kappa shape index (κ3) is 3.80. The molecule has 2 amide bonds. The summed E-state index contributed by atoms with van der Waals surface area (Å²) < 4.78 is 11.0. The molecule has 0 spiro atoms. The third-order valence-electron chi connectivity index (χ3n) is 6.94. The maximum absolute atomic E-state index is 13.4. The second kappa shape index (κ2) is 8.73. The number of carboxylic acid groups (broad SMARTS) is 1. The summed E-state index contributed by atoms with van der Waals surface area (Å²) in [5.41, 5.74) is 2.93. The van der Waals surface area contributed by atoms with Crippen LogP contribution in [0, 0.1) is 0 Å². The number of nitrogens with zero attached hydrogens (tertiary/aromatic N) is 1. The van der Waals surface area contributed by atoms with Crippen molar-refractivity contribution in [1.82, 2.24) is 10.2 Å². The molecule has 0 radical (unpaired) electrons. The fourth-order valence-corrected chi connectivity index (χ4v) is 5.26. The van der Waals surface area contributed by atoms with Gasteiger partial charge in [-0.25, -0.2) is 9.59 Å². The normalized spacial score (nSPS) is 25.6. The van der Waals surface area contributed by atoms with Gasteiger partial charge in [0.25, 0.3) is 5.91 Å². The largest absolute Gasteiger partial charge is 0.480 e. The fraction of sp³-hybridized carbons (Fsp3) is 0.400. The minimum atomic E-state index is -1.43. The molecular formula is C25H26N2O7. The van der Waals surface area contributed by atoms with Crippen LogP contribution in [0.5, 0.6) is 0 Å². The molecule has 2 heterocycles. The van der Waals surface area contributed by atoms with Crippen LogP contribution in [0.15, 0.2) is 48.5 Å². The quantitative estimate of drug-likeness (QED) is 0.613. The van der Waals surface area contributed by atoms with E-state index in [1.165, 1.54) is 0 Å². The van der Waals surface area contributed by atoms with Gasteiger partial charge in [0.1, 0.15) is 18.2 Å². The van der Waals surface area contributed by atoms with E-state index >= 15 is 0 Å². The molecule has 5 rings (SSSR count). The molecule has 9 heteroatoms. The molecular weight excluding hydrogens is 440 g/mol. The third-order valence-corrected chi connectivity index (χ3v) is 6.94. The van der Waals surface area contributed by atoms with E-state index in [-0.39, 0.29) is 45.1 Å². The first-order valence-corrected chi connectivity index (χ1v) is 11.3. The molecule has 2 aromatic rings. The number of carbonyl (C=O) groups excluding carboxylic acids is 2. The minimum absolute atomic E-state index is 0.0526. The van der Waals surface area contributed by atoms with Crippen LogP contribution >= 0.6 is 0 Å². The predicted octanol–water partition coefficient (Wildman–Crippen LogP) is 1.73. The zero-order valence-corrected chi connectivity index (χ0v) is 18.5. The van der Waals surface area contributed by atoms with Gasteiger partial charge >= 0.3 is 12.1 Å². The van der Waals surface area contributed by atoms with E-state index in [1.807, 2.05) is 48.5 Å². The first-order valence-electron chi connectivity index (χ1n) is 11.3. The van der Waals surface area contributed by atoms with Crippen LogP contribution in [0.1, 0.15) is 29.9 Å². The smallest absolute Gasteiger partial charge is 0.408 e. The second-order valence-corrected chi connectivity index (χ2v) is 9.04. The molecule has 0 saturated carbocycles. The van der Waals surface area contributed by atoms with Gasteiger partial charge in [-0.05, 0) is 22.3 Å². The number of aliphatic hydroxyl groups excluding tert-OH is 1. The highest BCUT2D eigenvalue weighted by atomic mass is 16.6. The monoisotopic (exact) mass is 466 g/mol. The van der Waals surface area contributed by atoms with Crippen LogP contribution < -0.4 is 5.32 Å². The SMILES string of the molecule is O=C(NC1(C(=O)N2C[C@@H](O)C[C@H]2C(=O)O)CCOC1)OCC1c2ccccc2-c2ccccc21. The topological polar surface area (TPSA) is 125 Å². The van der Waals surface area contributed by atoms with Gasteiger partial charge in [-0.2, -0.15) is 0 Å². The van der Waals surface area contributed by atoms with E-state index in [0.717, 1.165) is 27.2 Å². The Morgan fingerprint density at radius 1 is 1.09 bits per heavy atom. The van der Waals surface area contributed by atoms with Crippen molar-refractivity contribution in [1.29, 1.82) is 0 Å². The average Bonchev–Trinajstić information content (AvgIpc) is 3.54. The molecule has 178 valence electrons. The molecule has 0 aromatic heterocycles. The van der Waals surface area contributed by atoms with Crippen molar-refractivity contribution in [2.24, 2.45) is 0 Å². The number of aliphatic hydroxyl groups is 1. The Kier molecular flexibility index (Phi) is 5.75. The van der Waals surface area contributed by atoms with E-state index in [4.69, 9.17) is 9.47 Å². The number of alkyl carbamates (subject to hydrolysis) is 1. The van der Waals surface area contributed by atoms with Crippen LogP contribution in [0.4, 0.5) is 4.79 Å². The number of benzene rings is 2. The highest BCUT2D eigenvalue weighted by Gasteiger charge is 2.51. The molecule has 3 atom stereocenters. The first kappa shape index (κ1) is 22.4. The number of aliphatic carboxylic acids is 1. The number of carboxylic acids is 1. The van der Waals surface area contributed by atoms with Crippen molar-refractivity contribution in [3.05, 3.63) is 59.7 Å². The summed E-state index contributed by atoms with van der Waals surface area (Å²) in [7, 11) is 0. The molecule has 9 nitrogen and oxygen atoms in total. The van der Waals surface area contributed by atoms with Crippen molar-refractivity contribution in [2.45, 2.75) is 36.4 Å². The summed E-state index contributed by atoms with van der Waals surface area (Å²) in [6.45, 7) is 0.133. The van der Waals surface area contributed by atoms with Crippen LogP contribution in [-0.2, 0) is 19.1 Å². The summed E-state index contributed by atoms with van der Waals surface area (Å²) in [4.78, 5) is 38.9. The minimum Gasteiger partial charge on any atom is -0.480 e. The van der Waals surface area contributed by atoms with E-state index in [1.54, 1.807) is 0 Å². The first-order chi connectivity index (χ1) is 16.4. The highest BCUT2D eigenvalue weighted by Crippen LogP contribution is 2.44. The average molecular weight is 466 g/mol. The highest BCUT2D eigenvalue weighted by molar-refractivity contribution is 5.93. The fourth-order valence-electron chi connectivity index (χ4n) is 5.26. The van der Waals surface area contributed by atoms with Crippen LogP contribution in [-0.4, -0.2) is 77.1 Å². The molecule has 2 aliphatic heterocycles. The number of β-amino-alcohol motifs (C(OH)–C–C–N with tert-alkyl or cyclic N) is 1. The Morgan fingerprint density at radius 3 is 2.32 bits per heavy atom. The number of rotatable bonds is 5. The Balaban J connectivity index is 1.31. The number of nitrogens with one attached hydrogen (secondary N) is 1. The lowest BCUT2D eigenvalue weighted by atomic mass is 9.96. The van der Waals surface area contributed by atoms with Crippen LogP contribution in [0.25, 0.3) is 11.1 Å². The number of hydrogen-bond donors (Lipinski definition) is 3. The lowest BCUT2D eigenvalue weighted by Crippen LogP contribution is -2.62. The Morgan fingerprint density at radius 2 is 1.74 bits per heavy atom. The molecule has 3 N–H and O–H groups in total. The van der Waals surface area contributed by atoms with Crippen molar-refractivity contribution >= 4 is 18.0 Å². The number of likely N-dealkylation sites (tertiary alicyclic amines) is 1. The molecule has 0 bridgehead atoms. The Hall–Kier alpha value is -3.43. The van der Waals surface area contributed by atoms with Gasteiger partial charge in [-0.1, -0.05) is 48.5 Å². The standard InChI is InChI=1S/C25H26N2O7/c28-15-11-21(22(29)30)27(12-15)23(31)25(9-10-33-14-25)26-24(32)34-13-20-18-7-3-1-5-16(18)17-6-2-4-8-19(17)20/h1-8,15,20-21,28H,9-14H2,(H,26,32)(H,29,30)/t15-,21-,25?/m0/s1. The zero-order chi connectivity index (χ0) is 23.9. The van der Waals surface area contributed by atoms with Gasteiger partial charge in [0.05, 0.1) is 12.7 Å². The van der Waals surface area contributed by atoms with Gasteiger partial charge in [0.2, 0.25) is 0 Å². The summed E-state index contributed by atoms with van der Waals surface area (Å²) in [5.74, 6) is -1.91. The van der Waals surface area contributed by atoms with E-state index in [0.29, 0.717) is 0 Å². The molecule has 2 aromatic carbocycles. The number of ether oxygens (including phenoxy) is 2. The van der Waals surface area contributed by atoms with Crippen molar-refractivity contribution in [3.8, 4) is 11.1 Å². The van der Waals surface area contributed by atoms with E-state index in [2.05, 4.69) is 5.32 Å². The number of carbonyl (C=O) groups is 3. The molecule has 1 aliphatic carbocycles. The van der Waals surface area contributed by atoms with Gasteiger partial charge in [-0.15, -0.1) is 0 Å². The van der Waals surface area contributed by atoms with Crippen molar-refractivity contribution < 1.29 is 34.1 Å². The van der Waals surface area contributed by atoms with Crippen LogP contribution in [0.3, 0.4) is 0 Å².